The first-order valence-corrected chi connectivity index (χ1v) is 10.4. The largest absolute Gasteiger partial charge is 0.393 e. The summed E-state index contributed by atoms with van der Waals surface area (Å²) in [4.78, 5) is 0. The standard InChI is InChI=1S/C22H34O3/c1-20(2)16-7-5-13-14-6-8-17(23)21(14,3)10-9-15(13)22(16)12-25-19(22)11-18(20)24-4/h7,13-15,17-19,23H,5-6,8-12H2,1-4H3/t13-,14-,15-,17+,18+,19+,21-,22-/m1/s1. The first-order valence-electron chi connectivity index (χ1n) is 10.4. The van der Waals surface area contributed by atoms with Crippen LogP contribution in [0.15, 0.2) is 11.6 Å². The zero-order chi connectivity index (χ0) is 17.6. The Kier molecular flexibility index (Phi) is 3.43. The molecule has 3 nitrogen and oxygen atoms in total. The van der Waals surface area contributed by atoms with Crippen molar-refractivity contribution in [3.8, 4) is 0 Å². The Morgan fingerprint density at radius 1 is 1.16 bits per heavy atom. The van der Waals surface area contributed by atoms with Crippen LogP contribution >= 0.6 is 0 Å². The molecule has 0 aromatic carbocycles. The predicted octanol–water partition coefficient (Wildman–Crippen LogP) is 3.95. The van der Waals surface area contributed by atoms with Gasteiger partial charge in [-0.3, -0.25) is 0 Å². The van der Waals surface area contributed by atoms with E-state index in [1.54, 1.807) is 5.57 Å². The fourth-order valence-electron chi connectivity index (χ4n) is 8.04. The molecular formula is C22H34O3. The van der Waals surface area contributed by atoms with E-state index in [0.29, 0.717) is 12.0 Å². The van der Waals surface area contributed by atoms with Crippen molar-refractivity contribution in [2.75, 3.05) is 13.7 Å². The second-order valence-corrected chi connectivity index (χ2v) is 10.4. The molecule has 1 aliphatic heterocycles. The first kappa shape index (κ1) is 16.8. The lowest BCUT2D eigenvalue weighted by molar-refractivity contribution is -0.261. The maximum Gasteiger partial charge on any atom is 0.0719 e. The van der Waals surface area contributed by atoms with Gasteiger partial charge in [-0.1, -0.05) is 32.4 Å². The maximum atomic E-state index is 10.6. The highest BCUT2D eigenvalue weighted by atomic mass is 16.5. The van der Waals surface area contributed by atoms with Crippen molar-refractivity contribution in [2.24, 2.45) is 34.0 Å². The molecule has 0 aromatic rings. The summed E-state index contributed by atoms with van der Waals surface area (Å²) in [6.07, 6.45) is 10.0. The summed E-state index contributed by atoms with van der Waals surface area (Å²) in [6, 6.07) is 0. The highest BCUT2D eigenvalue weighted by Gasteiger charge is 2.68. The van der Waals surface area contributed by atoms with Crippen LogP contribution in [0.4, 0.5) is 0 Å². The third-order valence-electron chi connectivity index (χ3n) is 9.45. The van der Waals surface area contributed by atoms with Crippen LogP contribution in [0, 0.1) is 34.0 Å². The molecule has 25 heavy (non-hydrogen) atoms. The minimum atomic E-state index is -0.0876. The van der Waals surface area contributed by atoms with E-state index in [2.05, 4.69) is 26.8 Å². The molecule has 140 valence electrons. The van der Waals surface area contributed by atoms with Gasteiger partial charge in [0.25, 0.3) is 0 Å². The zero-order valence-corrected chi connectivity index (χ0v) is 16.3. The molecule has 1 saturated heterocycles. The summed E-state index contributed by atoms with van der Waals surface area (Å²) in [5.74, 6) is 2.17. The molecule has 5 aliphatic rings. The van der Waals surface area contributed by atoms with Gasteiger partial charge in [0.15, 0.2) is 0 Å². The number of methoxy groups -OCH3 is 1. The Labute approximate surface area is 152 Å². The van der Waals surface area contributed by atoms with Gasteiger partial charge in [-0.05, 0) is 55.3 Å². The third-order valence-corrected chi connectivity index (χ3v) is 9.45. The number of rotatable bonds is 1. The second kappa shape index (κ2) is 5.11. The Morgan fingerprint density at radius 3 is 2.64 bits per heavy atom. The molecule has 1 spiro atoms. The van der Waals surface area contributed by atoms with E-state index in [1.165, 1.54) is 25.7 Å². The lowest BCUT2D eigenvalue weighted by Crippen LogP contribution is -2.69. The van der Waals surface area contributed by atoms with Gasteiger partial charge in [0, 0.05) is 24.4 Å². The maximum absolute atomic E-state index is 10.6. The number of hydrogen-bond donors (Lipinski definition) is 1. The van der Waals surface area contributed by atoms with Crippen molar-refractivity contribution in [2.45, 2.75) is 77.6 Å². The molecule has 0 aromatic heterocycles. The minimum Gasteiger partial charge on any atom is -0.393 e. The minimum absolute atomic E-state index is 0.0876. The van der Waals surface area contributed by atoms with Crippen molar-refractivity contribution >= 4 is 0 Å². The van der Waals surface area contributed by atoms with Gasteiger partial charge in [0.2, 0.25) is 0 Å². The van der Waals surface area contributed by atoms with Crippen LogP contribution in [0.1, 0.15) is 59.3 Å². The van der Waals surface area contributed by atoms with Crippen LogP contribution in [0.3, 0.4) is 0 Å². The van der Waals surface area contributed by atoms with Crippen LogP contribution in [-0.4, -0.2) is 37.1 Å². The zero-order valence-electron chi connectivity index (χ0n) is 16.3. The fourth-order valence-corrected chi connectivity index (χ4v) is 8.04. The number of hydrogen-bond acceptors (Lipinski definition) is 3. The van der Waals surface area contributed by atoms with Crippen molar-refractivity contribution < 1.29 is 14.6 Å². The molecule has 3 heteroatoms. The number of allylic oxidation sites excluding steroid dienone is 1. The molecule has 0 unspecified atom stereocenters. The Bertz CT molecular complexity index is 610. The molecular weight excluding hydrogens is 312 g/mol. The molecule has 0 radical (unpaired) electrons. The van der Waals surface area contributed by atoms with E-state index in [-0.39, 0.29) is 28.5 Å². The van der Waals surface area contributed by atoms with Gasteiger partial charge in [-0.25, -0.2) is 0 Å². The molecule has 0 bridgehead atoms. The van der Waals surface area contributed by atoms with Gasteiger partial charge in [-0.2, -0.15) is 0 Å². The molecule has 5 rings (SSSR count). The number of aliphatic hydroxyl groups is 1. The number of ether oxygens (including phenoxy) is 2. The van der Waals surface area contributed by atoms with Crippen molar-refractivity contribution in [1.29, 1.82) is 0 Å². The van der Waals surface area contributed by atoms with Gasteiger partial charge < -0.3 is 14.6 Å². The summed E-state index contributed by atoms with van der Waals surface area (Å²) in [5.41, 5.74) is 2.16. The molecule has 0 amide bonds. The van der Waals surface area contributed by atoms with E-state index in [9.17, 15) is 5.11 Å². The van der Waals surface area contributed by atoms with E-state index >= 15 is 0 Å². The lowest BCUT2D eigenvalue weighted by atomic mass is 9.42. The van der Waals surface area contributed by atoms with Crippen molar-refractivity contribution in [1.82, 2.24) is 0 Å². The second-order valence-electron chi connectivity index (χ2n) is 10.4. The Hall–Kier alpha value is -0.380. The van der Waals surface area contributed by atoms with E-state index in [1.807, 2.05) is 7.11 Å². The monoisotopic (exact) mass is 346 g/mol. The van der Waals surface area contributed by atoms with Crippen LogP contribution in [0.5, 0.6) is 0 Å². The molecule has 4 aliphatic carbocycles. The molecule has 1 N–H and O–H groups in total. The normalized spacial score (nSPS) is 56.0. The average Bonchev–Trinajstić information content (AvgIpc) is 2.87. The fraction of sp³-hybridized carbons (Fsp3) is 0.909. The van der Waals surface area contributed by atoms with Crippen molar-refractivity contribution in [3.63, 3.8) is 0 Å². The smallest absolute Gasteiger partial charge is 0.0719 e. The van der Waals surface area contributed by atoms with Crippen LogP contribution in [0.25, 0.3) is 0 Å². The van der Waals surface area contributed by atoms with Crippen LogP contribution in [-0.2, 0) is 9.47 Å². The molecule has 8 atom stereocenters. The lowest BCUT2D eigenvalue weighted by Gasteiger charge is -2.68. The molecule has 3 saturated carbocycles. The highest BCUT2D eigenvalue weighted by Crippen LogP contribution is 2.70. The van der Waals surface area contributed by atoms with Crippen molar-refractivity contribution in [3.05, 3.63) is 11.6 Å². The van der Waals surface area contributed by atoms with E-state index in [4.69, 9.17) is 9.47 Å². The van der Waals surface area contributed by atoms with Gasteiger partial charge in [0.1, 0.15) is 0 Å². The van der Waals surface area contributed by atoms with Gasteiger partial charge in [0.05, 0.1) is 24.9 Å². The van der Waals surface area contributed by atoms with E-state index in [0.717, 1.165) is 31.3 Å². The van der Waals surface area contributed by atoms with Gasteiger partial charge >= 0.3 is 0 Å². The summed E-state index contributed by atoms with van der Waals surface area (Å²) in [5, 5.41) is 10.6. The SMILES string of the molecule is CO[C@H]1C[C@@H]2OC[C@@]23C(=CC[C@@H]2[C@H]4CC[C@H](O)[C@]4(C)CC[C@H]23)C1(C)C. The molecule has 4 fully saturated rings. The first-order chi connectivity index (χ1) is 11.9. The number of aliphatic hydroxyl groups excluding tert-OH is 1. The summed E-state index contributed by atoms with van der Waals surface area (Å²) >= 11 is 0. The van der Waals surface area contributed by atoms with Crippen LogP contribution < -0.4 is 0 Å². The summed E-state index contributed by atoms with van der Waals surface area (Å²) < 4.78 is 12.0. The Morgan fingerprint density at radius 2 is 1.96 bits per heavy atom. The summed E-state index contributed by atoms with van der Waals surface area (Å²) in [6.45, 7) is 8.05. The highest BCUT2D eigenvalue weighted by molar-refractivity contribution is 5.36. The quantitative estimate of drug-likeness (QED) is 0.731. The Balaban J connectivity index is 1.56. The topological polar surface area (TPSA) is 38.7 Å². The molecule has 1 heterocycles. The van der Waals surface area contributed by atoms with Gasteiger partial charge in [-0.15, -0.1) is 0 Å². The summed E-state index contributed by atoms with van der Waals surface area (Å²) in [7, 11) is 1.86. The third kappa shape index (κ3) is 1.83. The predicted molar refractivity (Wildman–Crippen MR) is 97.1 cm³/mol. The van der Waals surface area contributed by atoms with E-state index < -0.39 is 0 Å². The number of fused-ring (bicyclic) bond motifs is 3. The average molecular weight is 347 g/mol. The van der Waals surface area contributed by atoms with Crippen LogP contribution in [0.2, 0.25) is 0 Å².